The van der Waals surface area contributed by atoms with Crippen LogP contribution < -0.4 is 0 Å². The summed E-state index contributed by atoms with van der Waals surface area (Å²) in [6.07, 6.45) is 14.3. The topological polar surface area (TPSA) is 90.7 Å². The fraction of sp³-hybridized carbons (Fsp3) is 0.214. The van der Waals surface area contributed by atoms with Crippen molar-refractivity contribution in [1.29, 1.82) is 0 Å². The molecule has 0 bridgehead atoms. The van der Waals surface area contributed by atoms with E-state index in [1.54, 1.807) is 24.4 Å². The van der Waals surface area contributed by atoms with Crippen LogP contribution in [0, 0.1) is 5.82 Å². The second-order valence-electron chi connectivity index (χ2n) is 8.62. The van der Waals surface area contributed by atoms with Crippen molar-refractivity contribution >= 4 is 68.3 Å². The lowest BCUT2D eigenvalue weighted by Gasteiger charge is -2.18. The van der Waals surface area contributed by atoms with Crippen molar-refractivity contribution in [3.63, 3.8) is 0 Å². The van der Waals surface area contributed by atoms with Gasteiger partial charge in [0, 0.05) is 57.3 Å². The van der Waals surface area contributed by atoms with Gasteiger partial charge in [0.05, 0.1) is 24.1 Å². The van der Waals surface area contributed by atoms with Crippen molar-refractivity contribution in [2.24, 2.45) is 0 Å². The number of fused-ring (bicyclic) bond motifs is 1. The normalized spacial score (nSPS) is 17.4. The highest BCUT2D eigenvalue weighted by Crippen LogP contribution is 2.35. The summed E-state index contributed by atoms with van der Waals surface area (Å²) in [6, 6.07) is 3.14. The van der Waals surface area contributed by atoms with Gasteiger partial charge in [-0.2, -0.15) is 0 Å². The Balaban J connectivity index is 1.80. The molecule has 8 heteroatoms. The van der Waals surface area contributed by atoms with E-state index in [1.807, 2.05) is 30.4 Å². The van der Waals surface area contributed by atoms with Gasteiger partial charge in [-0.1, -0.05) is 73.0 Å². The van der Waals surface area contributed by atoms with Crippen LogP contribution in [0.5, 0.6) is 0 Å². The molecule has 1 heterocycles. The number of aliphatic hydroxyl groups excluding tert-OH is 2. The van der Waals surface area contributed by atoms with E-state index in [1.165, 1.54) is 12.1 Å². The first-order valence-corrected chi connectivity index (χ1v) is 12.3. The van der Waals surface area contributed by atoms with Gasteiger partial charge in [-0.25, -0.2) is 4.39 Å². The first kappa shape index (κ1) is 25.9. The maximum absolute atomic E-state index is 15.5. The van der Waals surface area contributed by atoms with E-state index >= 15 is 4.39 Å². The number of pyridine rings is 1. The van der Waals surface area contributed by atoms with Crippen molar-refractivity contribution in [3.8, 4) is 0 Å². The van der Waals surface area contributed by atoms with E-state index < -0.39 is 30.4 Å². The molecule has 2 atom stereocenters. The molecule has 1 aromatic heterocycles. The predicted molar refractivity (Wildman–Crippen MR) is 148 cm³/mol. The van der Waals surface area contributed by atoms with Gasteiger partial charge in [0.25, 0.3) is 0 Å². The van der Waals surface area contributed by atoms with Gasteiger partial charge >= 0.3 is 5.97 Å². The number of carbonyl (C=O) groups is 1. The van der Waals surface area contributed by atoms with Crippen LogP contribution in [-0.2, 0) is 4.79 Å². The van der Waals surface area contributed by atoms with E-state index in [4.69, 9.17) is 29.5 Å². The summed E-state index contributed by atoms with van der Waals surface area (Å²) in [5.41, 5.74) is 3.70. The molecule has 0 amide bonds. The number of halogens is 1. The van der Waals surface area contributed by atoms with Crippen LogP contribution in [0.2, 0.25) is 0 Å². The maximum Gasteiger partial charge on any atom is 0.305 e. The predicted octanol–water partition coefficient (Wildman–Crippen LogP) is 5.40. The lowest BCUT2D eigenvalue weighted by molar-refractivity contribution is -0.139. The summed E-state index contributed by atoms with van der Waals surface area (Å²) in [4.78, 5) is 16.7. The third-order valence-electron chi connectivity index (χ3n) is 5.97. The minimum atomic E-state index is -1.18. The molecule has 0 fully saturated rings. The number of hydrogen-bond donors (Lipinski definition) is 3. The standard InChI is InChI=1S/C28H24FNO4S2/c29-23-13-22-24(14-21(23)19-5-1-3-7-25(19)35)30-15-16(28(22)20-6-2-4-8-26(20)36)9-10-17(31)11-18(32)12-27(33)34/h1-6,9-10,13-15,17-18,31-32H,7-8,11-12H2,(H,33,34)/b10-9+/t17-,18-/m1/s1. The molecule has 2 aliphatic carbocycles. The third kappa shape index (κ3) is 5.79. The fourth-order valence-corrected chi connectivity index (χ4v) is 4.81. The number of thiocarbonyl (C=S) groups is 2. The lowest BCUT2D eigenvalue weighted by atomic mass is 9.89. The smallest absolute Gasteiger partial charge is 0.305 e. The molecule has 2 aromatic rings. The molecule has 4 rings (SSSR count). The monoisotopic (exact) mass is 521 g/mol. The molecule has 0 spiro atoms. The van der Waals surface area contributed by atoms with Gasteiger partial charge in [0.15, 0.2) is 0 Å². The summed E-state index contributed by atoms with van der Waals surface area (Å²) in [5.74, 6) is -1.57. The van der Waals surface area contributed by atoms with Crippen LogP contribution in [0.3, 0.4) is 0 Å². The zero-order valence-electron chi connectivity index (χ0n) is 19.2. The number of rotatable bonds is 8. The third-order valence-corrected chi connectivity index (χ3v) is 6.75. The van der Waals surface area contributed by atoms with E-state index in [0.717, 1.165) is 5.57 Å². The Morgan fingerprint density at radius 2 is 1.75 bits per heavy atom. The minimum Gasteiger partial charge on any atom is -0.481 e. The highest BCUT2D eigenvalue weighted by atomic mass is 32.1. The highest BCUT2D eigenvalue weighted by molar-refractivity contribution is 7.81. The molecule has 0 unspecified atom stereocenters. The lowest BCUT2D eigenvalue weighted by Crippen LogP contribution is -2.19. The van der Waals surface area contributed by atoms with Crippen LogP contribution in [0.4, 0.5) is 4.39 Å². The van der Waals surface area contributed by atoms with Crippen LogP contribution in [-0.4, -0.2) is 48.2 Å². The molecule has 3 N–H and O–H groups in total. The molecule has 0 saturated carbocycles. The van der Waals surface area contributed by atoms with Gasteiger partial charge in [0.1, 0.15) is 5.82 Å². The molecule has 36 heavy (non-hydrogen) atoms. The Bertz CT molecular complexity index is 1400. The Morgan fingerprint density at radius 1 is 1.08 bits per heavy atom. The number of carboxylic acids is 1. The highest BCUT2D eigenvalue weighted by Gasteiger charge is 2.21. The molecule has 184 valence electrons. The van der Waals surface area contributed by atoms with Crippen LogP contribution in [0.25, 0.3) is 28.1 Å². The molecule has 0 saturated heterocycles. The van der Waals surface area contributed by atoms with Crippen molar-refractivity contribution in [2.45, 2.75) is 37.9 Å². The Kier molecular flexibility index (Phi) is 8.11. The van der Waals surface area contributed by atoms with Gasteiger partial charge in [-0.15, -0.1) is 0 Å². The quantitative estimate of drug-likeness (QED) is 0.401. The molecular weight excluding hydrogens is 497 g/mol. The van der Waals surface area contributed by atoms with Crippen molar-refractivity contribution < 1.29 is 24.5 Å². The van der Waals surface area contributed by atoms with Crippen molar-refractivity contribution in [3.05, 3.63) is 83.4 Å². The van der Waals surface area contributed by atoms with Crippen LogP contribution in [0.1, 0.15) is 42.4 Å². The Labute approximate surface area is 218 Å². The number of aliphatic hydroxyl groups is 2. The SMILES string of the molecule is O=C(O)C[C@H](O)C[C@H](O)/C=C/c1cnc2cc(C3=CC=CCC3=S)c(F)cc2c1C1=CC=CCC1=S. The number of aromatic nitrogens is 1. The van der Waals surface area contributed by atoms with Crippen LogP contribution >= 0.6 is 24.4 Å². The maximum atomic E-state index is 15.5. The number of benzene rings is 1. The van der Waals surface area contributed by atoms with E-state index in [0.29, 0.717) is 55.7 Å². The average Bonchev–Trinajstić information content (AvgIpc) is 2.82. The zero-order chi connectivity index (χ0) is 25.8. The summed E-state index contributed by atoms with van der Waals surface area (Å²) in [5, 5.41) is 29.5. The molecule has 1 aromatic carbocycles. The largest absolute Gasteiger partial charge is 0.481 e. The van der Waals surface area contributed by atoms with Gasteiger partial charge in [0.2, 0.25) is 0 Å². The van der Waals surface area contributed by atoms with Crippen molar-refractivity contribution in [1.82, 2.24) is 4.98 Å². The molecular formula is C28H24FNO4S2. The number of allylic oxidation sites excluding steroid dienone is 8. The molecule has 0 aliphatic heterocycles. The molecule has 0 radical (unpaired) electrons. The van der Waals surface area contributed by atoms with E-state index in [2.05, 4.69) is 4.98 Å². The second-order valence-corrected chi connectivity index (χ2v) is 9.61. The van der Waals surface area contributed by atoms with Crippen LogP contribution in [0.15, 0.2) is 60.9 Å². The number of aliphatic carboxylic acids is 1. The first-order chi connectivity index (χ1) is 17.2. The summed E-state index contributed by atoms with van der Waals surface area (Å²) >= 11 is 11.1. The van der Waals surface area contributed by atoms with Crippen molar-refractivity contribution in [2.75, 3.05) is 0 Å². The minimum absolute atomic E-state index is 0.134. The van der Waals surface area contributed by atoms with Gasteiger partial charge in [-0.3, -0.25) is 9.78 Å². The molecule has 2 aliphatic rings. The number of carboxylic acid groups (broad SMARTS) is 1. The van der Waals surface area contributed by atoms with E-state index in [9.17, 15) is 15.0 Å². The first-order valence-electron chi connectivity index (χ1n) is 11.4. The number of nitrogens with zero attached hydrogens (tertiary/aromatic N) is 1. The summed E-state index contributed by atoms with van der Waals surface area (Å²) in [6.45, 7) is 0. The Hall–Kier alpha value is -3.17. The fourth-order valence-electron chi connectivity index (χ4n) is 4.27. The average molecular weight is 522 g/mol. The van der Waals surface area contributed by atoms with E-state index in [-0.39, 0.29) is 6.42 Å². The Morgan fingerprint density at radius 3 is 2.39 bits per heavy atom. The van der Waals surface area contributed by atoms with Gasteiger partial charge in [-0.05, 0) is 23.3 Å². The number of hydrogen-bond acceptors (Lipinski definition) is 6. The molecule has 5 nitrogen and oxygen atoms in total. The summed E-state index contributed by atoms with van der Waals surface area (Å²) < 4.78 is 15.5. The summed E-state index contributed by atoms with van der Waals surface area (Å²) in [7, 11) is 0. The second kappa shape index (κ2) is 11.3. The van der Waals surface area contributed by atoms with Gasteiger partial charge < -0.3 is 15.3 Å². The zero-order valence-corrected chi connectivity index (χ0v) is 20.9.